The molecule has 0 radical (unpaired) electrons. The van der Waals surface area contributed by atoms with Crippen LogP contribution >= 0.6 is 0 Å². The second-order valence-electron chi connectivity index (χ2n) is 14.3. The molecule has 3 N–H and O–H groups in total. The fourth-order valence-corrected chi connectivity index (χ4v) is 7.36. The Labute approximate surface area is 304 Å². The number of aliphatic hydroxyl groups is 1. The van der Waals surface area contributed by atoms with Crippen molar-refractivity contribution in [2.24, 2.45) is 0 Å². The molecule has 1 saturated carbocycles. The Hall–Kier alpha value is -5.00. The average molecular weight is 710 g/mol. The van der Waals surface area contributed by atoms with Crippen molar-refractivity contribution in [1.29, 1.82) is 0 Å². The van der Waals surface area contributed by atoms with Crippen LogP contribution in [0.3, 0.4) is 0 Å². The second kappa shape index (κ2) is 15.7. The molecule has 3 aromatic rings. The van der Waals surface area contributed by atoms with Gasteiger partial charge in [0.2, 0.25) is 6.10 Å². The van der Waals surface area contributed by atoms with E-state index in [0.29, 0.717) is 31.6 Å². The summed E-state index contributed by atoms with van der Waals surface area (Å²) in [7, 11) is 0. The number of hydrogen-bond donors (Lipinski definition) is 3. The van der Waals surface area contributed by atoms with Crippen LogP contribution in [0.2, 0.25) is 0 Å². The third kappa shape index (κ3) is 8.05. The monoisotopic (exact) mass is 709 g/mol. The SMILES string of the molecule is Cc1cc(C)c(C)c(OCCc2ccc(C3=C(C(=O)N(Cc4ccccc4C)C4CC4)[C@H]4CN(C(=O)[C@@H](OC=O)C(O)C(=O)O)C[C@@H](C3)N4)cc2)c1. The van der Waals surface area contributed by atoms with Crippen molar-refractivity contribution in [3.63, 3.8) is 0 Å². The highest BCUT2D eigenvalue weighted by atomic mass is 16.5. The van der Waals surface area contributed by atoms with E-state index in [2.05, 4.69) is 50.4 Å². The summed E-state index contributed by atoms with van der Waals surface area (Å²) in [5, 5.41) is 23.1. The van der Waals surface area contributed by atoms with Crippen molar-refractivity contribution < 1.29 is 38.9 Å². The molecule has 4 atom stereocenters. The van der Waals surface area contributed by atoms with Gasteiger partial charge in [0.25, 0.3) is 18.3 Å². The van der Waals surface area contributed by atoms with Crippen LogP contribution < -0.4 is 10.1 Å². The van der Waals surface area contributed by atoms with Gasteiger partial charge in [-0.15, -0.1) is 0 Å². The Balaban J connectivity index is 1.29. The molecule has 1 saturated heterocycles. The number of hydrogen-bond acceptors (Lipinski definition) is 8. The number of aliphatic hydroxyl groups excluding tert-OH is 1. The van der Waals surface area contributed by atoms with Crippen LogP contribution in [0.15, 0.2) is 66.2 Å². The molecular formula is C41H47N3O8. The molecule has 3 aromatic carbocycles. The molecule has 2 heterocycles. The van der Waals surface area contributed by atoms with Crippen molar-refractivity contribution in [1.82, 2.24) is 15.1 Å². The number of aryl methyl sites for hydroxylation is 3. The first-order valence-electron chi connectivity index (χ1n) is 17.9. The van der Waals surface area contributed by atoms with Gasteiger partial charge in [-0.05, 0) is 97.5 Å². The molecule has 11 nitrogen and oxygen atoms in total. The molecule has 1 aliphatic carbocycles. The number of carboxylic acids is 1. The number of carbonyl (C=O) groups is 4. The van der Waals surface area contributed by atoms with E-state index < -0.39 is 30.1 Å². The summed E-state index contributed by atoms with van der Waals surface area (Å²) in [5.41, 5.74) is 9.13. The van der Waals surface area contributed by atoms with E-state index in [4.69, 9.17) is 9.47 Å². The molecule has 6 rings (SSSR count). The van der Waals surface area contributed by atoms with Gasteiger partial charge >= 0.3 is 5.97 Å². The van der Waals surface area contributed by atoms with E-state index in [0.717, 1.165) is 57.5 Å². The van der Waals surface area contributed by atoms with Gasteiger partial charge in [-0.25, -0.2) is 4.79 Å². The number of amides is 2. The quantitative estimate of drug-likeness (QED) is 0.211. The molecule has 2 amide bonds. The van der Waals surface area contributed by atoms with Crippen molar-refractivity contribution in [3.8, 4) is 5.75 Å². The summed E-state index contributed by atoms with van der Waals surface area (Å²) < 4.78 is 11.0. The third-order valence-corrected chi connectivity index (χ3v) is 10.5. The molecule has 2 bridgehead atoms. The van der Waals surface area contributed by atoms with Crippen molar-refractivity contribution in [2.75, 3.05) is 19.7 Å². The van der Waals surface area contributed by atoms with Crippen molar-refractivity contribution in [2.45, 2.75) is 90.3 Å². The van der Waals surface area contributed by atoms with Gasteiger partial charge in [-0.2, -0.15) is 0 Å². The highest BCUT2D eigenvalue weighted by Gasteiger charge is 2.46. The number of aliphatic carboxylic acids is 1. The summed E-state index contributed by atoms with van der Waals surface area (Å²) in [5.74, 6) is -1.72. The van der Waals surface area contributed by atoms with Crippen LogP contribution in [0.25, 0.3) is 5.57 Å². The second-order valence-corrected chi connectivity index (χ2v) is 14.3. The summed E-state index contributed by atoms with van der Waals surface area (Å²) in [6.07, 6.45) is -1.19. The Morgan fingerprint density at radius 3 is 2.40 bits per heavy atom. The minimum atomic E-state index is -2.23. The zero-order valence-corrected chi connectivity index (χ0v) is 30.1. The summed E-state index contributed by atoms with van der Waals surface area (Å²) in [6.45, 7) is 9.38. The van der Waals surface area contributed by atoms with Crippen LogP contribution in [0.5, 0.6) is 5.75 Å². The molecule has 2 aliphatic heterocycles. The molecule has 3 aliphatic rings. The maximum Gasteiger partial charge on any atom is 0.337 e. The molecule has 0 aromatic heterocycles. The summed E-state index contributed by atoms with van der Waals surface area (Å²) >= 11 is 0. The van der Waals surface area contributed by atoms with Crippen LogP contribution in [0.1, 0.15) is 58.2 Å². The maximum atomic E-state index is 14.8. The van der Waals surface area contributed by atoms with E-state index in [-0.39, 0.29) is 37.6 Å². The highest BCUT2D eigenvalue weighted by molar-refractivity contribution is 6.03. The normalized spacial score (nSPS) is 19.4. The molecule has 274 valence electrons. The van der Waals surface area contributed by atoms with E-state index >= 15 is 0 Å². The number of carbonyl (C=O) groups excluding carboxylic acids is 3. The lowest BCUT2D eigenvalue weighted by molar-refractivity contribution is -0.170. The van der Waals surface area contributed by atoms with Crippen LogP contribution in [0, 0.1) is 27.7 Å². The van der Waals surface area contributed by atoms with Gasteiger partial charge in [0, 0.05) is 43.7 Å². The van der Waals surface area contributed by atoms with Crippen molar-refractivity contribution in [3.05, 3.63) is 105 Å². The zero-order chi connectivity index (χ0) is 37.1. The number of piperazine rings is 1. The first kappa shape index (κ1) is 36.8. The third-order valence-electron chi connectivity index (χ3n) is 10.5. The molecule has 52 heavy (non-hydrogen) atoms. The number of nitrogens with zero attached hydrogens (tertiary/aromatic N) is 2. The zero-order valence-electron chi connectivity index (χ0n) is 30.1. The van der Waals surface area contributed by atoms with E-state index in [9.17, 15) is 29.4 Å². The lowest BCUT2D eigenvalue weighted by Crippen LogP contribution is -2.64. The Morgan fingerprint density at radius 1 is 1.00 bits per heavy atom. The topological polar surface area (TPSA) is 146 Å². The van der Waals surface area contributed by atoms with Gasteiger partial charge in [-0.1, -0.05) is 54.6 Å². The smallest absolute Gasteiger partial charge is 0.337 e. The van der Waals surface area contributed by atoms with E-state index in [1.54, 1.807) is 0 Å². The fraction of sp³-hybridized carbons (Fsp3) is 0.415. The number of rotatable bonds is 14. The first-order chi connectivity index (χ1) is 24.9. The molecule has 2 fully saturated rings. The van der Waals surface area contributed by atoms with Gasteiger partial charge in [0.05, 0.1) is 12.6 Å². The predicted octanol–water partition coefficient (Wildman–Crippen LogP) is 4.05. The highest BCUT2D eigenvalue weighted by Crippen LogP contribution is 2.38. The standard InChI is InChI=1S/C41H47N3O8/c1-24-17-26(3)27(4)35(18-24)51-16-15-28-9-11-29(12-10-28)33-19-31-21-43(40(48)38(52-23-45)37(46)41(49)50)22-34(42-31)36(33)39(47)44(32-13-14-32)20-30-8-6-5-7-25(30)2/h5-12,17-18,23,31-32,34,37-38,42,46H,13-16,19-22H2,1-4H3,(H,49,50)/t31-,34-,37?,38+/m1/s1. The van der Waals surface area contributed by atoms with E-state index in [1.807, 2.05) is 48.2 Å². The number of benzene rings is 3. The van der Waals surface area contributed by atoms with Gasteiger partial charge in [0.15, 0.2) is 6.10 Å². The molecule has 1 unspecified atom stereocenters. The summed E-state index contributed by atoms with van der Waals surface area (Å²) in [4.78, 5) is 54.5. The molecule has 0 spiro atoms. The summed E-state index contributed by atoms with van der Waals surface area (Å²) in [6, 6.07) is 19.7. The molecular weight excluding hydrogens is 662 g/mol. The number of carboxylic acid groups (broad SMARTS) is 1. The largest absolute Gasteiger partial charge is 0.493 e. The van der Waals surface area contributed by atoms with Gasteiger partial charge < -0.3 is 34.8 Å². The minimum absolute atomic E-state index is 0.0289. The first-order valence-corrected chi connectivity index (χ1v) is 17.9. The van der Waals surface area contributed by atoms with E-state index in [1.165, 1.54) is 10.5 Å². The number of ether oxygens (including phenoxy) is 2. The van der Waals surface area contributed by atoms with Crippen LogP contribution in [-0.2, 0) is 36.9 Å². The maximum absolute atomic E-state index is 14.8. The van der Waals surface area contributed by atoms with Gasteiger partial charge in [-0.3, -0.25) is 14.4 Å². The lowest BCUT2D eigenvalue weighted by Gasteiger charge is -2.45. The average Bonchev–Trinajstić information content (AvgIpc) is 3.97. The van der Waals surface area contributed by atoms with Crippen LogP contribution in [-0.4, -0.2) is 94.3 Å². The van der Waals surface area contributed by atoms with Crippen molar-refractivity contribution >= 4 is 29.8 Å². The number of nitrogens with one attached hydrogen (secondary N) is 1. The Bertz CT molecular complexity index is 1870. The lowest BCUT2D eigenvalue weighted by atomic mass is 9.82. The minimum Gasteiger partial charge on any atom is -0.493 e. The Kier molecular flexibility index (Phi) is 11.1. The van der Waals surface area contributed by atoms with Gasteiger partial charge in [0.1, 0.15) is 5.75 Å². The Morgan fingerprint density at radius 2 is 1.73 bits per heavy atom. The predicted molar refractivity (Wildman–Crippen MR) is 194 cm³/mol. The fourth-order valence-electron chi connectivity index (χ4n) is 7.36. The molecule has 11 heteroatoms. The van der Waals surface area contributed by atoms with Crippen LogP contribution in [0.4, 0.5) is 0 Å². The number of fused-ring (bicyclic) bond motifs is 2.